The van der Waals surface area contributed by atoms with Crippen molar-refractivity contribution >= 4 is 23.0 Å². The second-order valence-corrected chi connectivity index (χ2v) is 5.78. The zero-order chi connectivity index (χ0) is 19.2. The van der Waals surface area contributed by atoms with Gasteiger partial charge >= 0.3 is 5.69 Å². The number of benzene rings is 2. The van der Waals surface area contributed by atoms with Gasteiger partial charge in [-0.15, -0.1) is 0 Å². The van der Waals surface area contributed by atoms with Crippen LogP contribution >= 0.6 is 0 Å². The molecule has 0 saturated heterocycles. The summed E-state index contributed by atoms with van der Waals surface area (Å²) in [6.45, 7) is 1.91. The van der Waals surface area contributed by atoms with Gasteiger partial charge in [0.05, 0.1) is 23.8 Å². The molecule has 0 aliphatic carbocycles. The Hall–Kier alpha value is -3.68. The average molecular weight is 365 g/mol. The fourth-order valence-electron chi connectivity index (χ4n) is 2.65. The highest BCUT2D eigenvalue weighted by atomic mass is 16.6. The van der Waals surface area contributed by atoms with Crippen LogP contribution in [0.15, 0.2) is 60.9 Å². The number of hydrogen-bond acceptors (Lipinski definition) is 7. The maximum absolute atomic E-state index is 11.7. The first-order chi connectivity index (χ1) is 13.1. The number of ether oxygens (including phenoxy) is 1. The second kappa shape index (κ2) is 8.13. The van der Waals surface area contributed by atoms with E-state index in [4.69, 9.17) is 4.74 Å². The smallest absolute Gasteiger partial charge is 0.353 e. The number of hydrogen-bond donors (Lipinski definition) is 2. The van der Waals surface area contributed by atoms with Crippen molar-refractivity contribution in [2.75, 3.05) is 17.7 Å². The summed E-state index contributed by atoms with van der Waals surface area (Å²) in [5, 5.41) is 17.8. The molecule has 0 radical (unpaired) electrons. The van der Waals surface area contributed by atoms with Crippen molar-refractivity contribution in [1.29, 1.82) is 0 Å². The Balaban J connectivity index is 1.94. The van der Waals surface area contributed by atoms with Gasteiger partial charge in [0.1, 0.15) is 12.1 Å². The summed E-state index contributed by atoms with van der Waals surface area (Å²) in [5.74, 6) is 0.781. The van der Waals surface area contributed by atoms with Crippen LogP contribution in [0.1, 0.15) is 18.5 Å². The van der Waals surface area contributed by atoms with Crippen LogP contribution in [0.25, 0.3) is 0 Å². The lowest BCUT2D eigenvalue weighted by atomic mass is 10.1. The summed E-state index contributed by atoms with van der Waals surface area (Å²) < 4.78 is 5.28. The van der Waals surface area contributed by atoms with Gasteiger partial charge < -0.3 is 15.4 Å². The van der Waals surface area contributed by atoms with Crippen molar-refractivity contribution in [3.05, 3.63) is 76.6 Å². The van der Waals surface area contributed by atoms with E-state index in [9.17, 15) is 10.1 Å². The minimum atomic E-state index is -0.502. The Morgan fingerprint density at radius 1 is 1.04 bits per heavy atom. The fourth-order valence-corrected chi connectivity index (χ4v) is 2.65. The molecule has 0 spiro atoms. The maximum atomic E-state index is 11.7. The number of nitrogens with zero attached hydrogens (tertiary/aromatic N) is 3. The van der Waals surface area contributed by atoms with E-state index in [2.05, 4.69) is 20.6 Å². The first kappa shape index (κ1) is 18.1. The lowest BCUT2D eigenvalue weighted by Gasteiger charge is -2.16. The van der Waals surface area contributed by atoms with E-state index in [0.717, 1.165) is 5.56 Å². The summed E-state index contributed by atoms with van der Waals surface area (Å²) >= 11 is 0. The lowest BCUT2D eigenvalue weighted by molar-refractivity contribution is -0.383. The highest BCUT2D eigenvalue weighted by Crippen LogP contribution is 2.35. The molecule has 0 aliphatic rings. The van der Waals surface area contributed by atoms with Gasteiger partial charge in [0, 0.05) is 0 Å². The average Bonchev–Trinajstić information content (AvgIpc) is 2.69. The van der Waals surface area contributed by atoms with Gasteiger partial charge in [0.15, 0.2) is 0 Å². The topological polar surface area (TPSA) is 102 Å². The van der Waals surface area contributed by atoms with Crippen molar-refractivity contribution in [2.24, 2.45) is 0 Å². The molecule has 0 bridgehead atoms. The predicted octanol–water partition coefficient (Wildman–Crippen LogP) is 4.31. The molecule has 8 nitrogen and oxygen atoms in total. The molecule has 1 unspecified atom stereocenters. The van der Waals surface area contributed by atoms with Crippen LogP contribution in [-0.4, -0.2) is 22.0 Å². The SMILES string of the molecule is COc1ccccc1Nc1ncnc(NC(C)c2ccccc2)c1[N+](=O)[O-]. The molecular formula is C19H19N5O3. The van der Waals surface area contributed by atoms with Crippen molar-refractivity contribution in [3.8, 4) is 5.75 Å². The van der Waals surface area contributed by atoms with Gasteiger partial charge in [0.25, 0.3) is 0 Å². The van der Waals surface area contributed by atoms with E-state index in [-0.39, 0.29) is 23.4 Å². The molecule has 2 aromatic carbocycles. The van der Waals surface area contributed by atoms with E-state index >= 15 is 0 Å². The first-order valence-electron chi connectivity index (χ1n) is 8.31. The normalized spacial score (nSPS) is 11.5. The van der Waals surface area contributed by atoms with Crippen molar-refractivity contribution in [3.63, 3.8) is 0 Å². The molecule has 2 N–H and O–H groups in total. The van der Waals surface area contributed by atoms with Crippen molar-refractivity contribution in [1.82, 2.24) is 9.97 Å². The van der Waals surface area contributed by atoms with E-state index in [1.807, 2.05) is 43.3 Å². The van der Waals surface area contributed by atoms with Gasteiger partial charge in [-0.05, 0) is 24.6 Å². The Bertz CT molecular complexity index is 934. The Kier molecular flexibility index (Phi) is 5.46. The Morgan fingerprint density at radius 2 is 1.70 bits per heavy atom. The summed E-state index contributed by atoms with van der Waals surface area (Å²) in [6, 6.07) is 16.6. The number of nitro groups is 1. The van der Waals surface area contributed by atoms with Gasteiger partial charge in [-0.25, -0.2) is 9.97 Å². The minimum absolute atomic E-state index is 0.0854. The van der Waals surface area contributed by atoms with Crippen molar-refractivity contribution in [2.45, 2.75) is 13.0 Å². The van der Waals surface area contributed by atoms with Crippen LogP contribution in [-0.2, 0) is 0 Å². The van der Waals surface area contributed by atoms with E-state index < -0.39 is 4.92 Å². The molecule has 0 fully saturated rings. The van der Waals surface area contributed by atoms with Crippen LogP contribution in [0.4, 0.5) is 23.0 Å². The largest absolute Gasteiger partial charge is 0.495 e. The number of nitrogens with one attached hydrogen (secondary N) is 2. The number of rotatable bonds is 7. The van der Waals surface area contributed by atoms with E-state index in [1.54, 1.807) is 18.2 Å². The highest BCUT2D eigenvalue weighted by Gasteiger charge is 2.25. The van der Waals surface area contributed by atoms with Gasteiger partial charge in [-0.1, -0.05) is 42.5 Å². The zero-order valence-electron chi connectivity index (χ0n) is 14.9. The van der Waals surface area contributed by atoms with Crippen LogP contribution < -0.4 is 15.4 Å². The first-order valence-corrected chi connectivity index (χ1v) is 8.31. The lowest BCUT2D eigenvalue weighted by Crippen LogP contribution is -2.11. The molecule has 1 heterocycles. The summed E-state index contributed by atoms with van der Waals surface area (Å²) in [4.78, 5) is 19.3. The van der Waals surface area contributed by atoms with Crippen LogP contribution in [0.3, 0.4) is 0 Å². The molecule has 27 heavy (non-hydrogen) atoms. The van der Waals surface area contributed by atoms with Gasteiger partial charge in [-0.2, -0.15) is 0 Å². The molecule has 0 saturated carbocycles. The molecule has 1 aromatic heterocycles. The van der Waals surface area contributed by atoms with Crippen LogP contribution in [0.2, 0.25) is 0 Å². The van der Waals surface area contributed by atoms with Crippen LogP contribution in [0.5, 0.6) is 5.75 Å². The van der Waals surface area contributed by atoms with E-state index in [1.165, 1.54) is 13.4 Å². The fraction of sp³-hybridized carbons (Fsp3) is 0.158. The monoisotopic (exact) mass is 365 g/mol. The van der Waals surface area contributed by atoms with Gasteiger partial charge in [0.2, 0.25) is 11.6 Å². The summed E-state index contributed by atoms with van der Waals surface area (Å²) in [7, 11) is 1.53. The molecule has 8 heteroatoms. The third kappa shape index (κ3) is 4.12. The van der Waals surface area contributed by atoms with E-state index in [0.29, 0.717) is 11.4 Å². The Labute approximate surface area is 156 Å². The molecule has 138 valence electrons. The zero-order valence-corrected chi connectivity index (χ0v) is 14.9. The summed E-state index contributed by atoms with van der Waals surface area (Å²) in [5.41, 5.74) is 1.33. The number of methoxy groups -OCH3 is 1. The molecule has 0 aliphatic heterocycles. The number of aromatic nitrogens is 2. The third-order valence-electron chi connectivity index (χ3n) is 4.02. The summed E-state index contributed by atoms with van der Waals surface area (Å²) in [6.07, 6.45) is 1.28. The second-order valence-electron chi connectivity index (χ2n) is 5.78. The number of anilines is 3. The molecule has 0 amide bonds. The van der Waals surface area contributed by atoms with Crippen LogP contribution in [0, 0.1) is 10.1 Å². The maximum Gasteiger partial charge on any atom is 0.353 e. The minimum Gasteiger partial charge on any atom is -0.495 e. The third-order valence-corrected chi connectivity index (χ3v) is 4.02. The molecule has 3 rings (SSSR count). The Morgan fingerprint density at radius 3 is 2.41 bits per heavy atom. The molecule has 1 atom stereocenters. The highest BCUT2D eigenvalue weighted by molar-refractivity contribution is 5.76. The predicted molar refractivity (Wildman–Crippen MR) is 103 cm³/mol. The number of para-hydroxylation sites is 2. The molecular weight excluding hydrogens is 346 g/mol. The van der Waals surface area contributed by atoms with Crippen molar-refractivity contribution < 1.29 is 9.66 Å². The standard InChI is InChI=1S/C19H19N5O3/c1-13(14-8-4-3-5-9-14)22-18-17(24(25)26)19(21-12-20-18)23-15-10-6-7-11-16(15)27-2/h3-13H,1-2H3,(H2,20,21,22,23). The molecule has 3 aromatic rings. The quantitative estimate of drug-likeness (QED) is 0.475. The van der Waals surface area contributed by atoms with Gasteiger partial charge in [-0.3, -0.25) is 10.1 Å².